The Balaban J connectivity index is 1.97. The molecule has 2 aromatic heterocycles. The van der Waals surface area contributed by atoms with E-state index in [1.807, 2.05) is 6.92 Å². The quantitative estimate of drug-likeness (QED) is 0.444. The highest BCUT2D eigenvalue weighted by Crippen LogP contribution is 2.26. The fourth-order valence-corrected chi connectivity index (χ4v) is 3.15. The highest BCUT2D eigenvalue weighted by Gasteiger charge is 2.30. The van der Waals surface area contributed by atoms with Crippen LogP contribution in [0.2, 0.25) is 10.0 Å². The first kappa shape index (κ1) is 25.3. The summed E-state index contributed by atoms with van der Waals surface area (Å²) in [6.07, 6.45) is -2.55. The van der Waals surface area contributed by atoms with Gasteiger partial charge < -0.3 is 15.4 Å². The number of benzene rings is 1. The molecular weight excluding hydrogens is 498 g/mol. The van der Waals surface area contributed by atoms with Crippen LogP contribution in [0.3, 0.4) is 0 Å². The van der Waals surface area contributed by atoms with Crippen LogP contribution in [0.25, 0.3) is 5.82 Å². The Hall–Kier alpha value is -3.31. The first-order valence-corrected chi connectivity index (χ1v) is 10.6. The van der Waals surface area contributed by atoms with E-state index in [-0.39, 0.29) is 32.8 Å². The number of amides is 2. The Labute approximate surface area is 202 Å². The van der Waals surface area contributed by atoms with Crippen molar-refractivity contribution in [3.8, 4) is 11.7 Å². The minimum absolute atomic E-state index is 0.00630. The Morgan fingerprint density at radius 1 is 1.15 bits per heavy atom. The van der Waals surface area contributed by atoms with E-state index in [1.165, 1.54) is 36.5 Å². The highest BCUT2D eigenvalue weighted by molar-refractivity contribution is 6.32. The van der Waals surface area contributed by atoms with Crippen molar-refractivity contribution < 1.29 is 27.5 Å². The van der Waals surface area contributed by atoms with Gasteiger partial charge in [0.25, 0.3) is 11.8 Å². The molecule has 0 saturated heterocycles. The second-order valence-electron chi connectivity index (χ2n) is 6.89. The number of alkyl halides is 3. The number of aromatic nitrogens is 3. The van der Waals surface area contributed by atoms with Gasteiger partial charge in [-0.2, -0.15) is 13.2 Å². The number of halogens is 5. The molecule has 2 heterocycles. The minimum atomic E-state index is -4.61. The van der Waals surface area contributed by atoms with E-state index in [0.717, 1.165) is 10.7 Å². The van der Waals surface area contributed by atoms with Gasteiger partial charge in [-0.1, -0.05) is 30.1 Å². The van der Waals surface area contributed by atoms with Gasteiger partial charge in [0.15, 0.2) is 12.4 Å². The predicted octanol–water partition coefficient (Wildman–Crippen LogP) is 4.91. The van der Waals surface area contributed by atoms with Crippen molar-refractivity contribution in [1.29, 1.82) is 0 Å². The summed E-state index contributed by atoms with van der Waals surface area (Å²) in [5.74, 6) is -1.74. The number of pyridine rings is 1. The number of rotatable bonds is 8. The Bertz CT molecular complexity index is 1200. The SMILES string of the molecule is CCCNC(=O)c1cc(Cl)ccc1NC(=O)c1cc(OCC(F)(F)F)nn1-c1ncccc1Cl. The van der Waals surface area contributed by atoms with E-state index in [4.69, 9.17) is 23.2 Å². The van der Waals surface area contributed by atoms with Crippen molar-refractivity contribution in [2.75, 3.05) is 18.5 Å². The lowest BCUT2D eigenvalue weighted by atomic mass is 10.1. The fraction of sp³-hybridized carbons (Fsp3) is 0.238. The third-order valence-corrected chi connectivity index (χ3v) is 4.78. The van der Waals surface area contributed by atoms with Crippen molar-refractivity contribution in [1.82, 2.24) is 20.1 Å². The summed E-state index contributed by atoms with van der Waals surface area (Å²) in [6, 6.07) is 8.30. The second-order valence-corrected chi connectivity index (χ2v) is 7.74. The van der Waals surface area contributed by atoms with Crippen LogP contribution in [-0.4, -0.2) is 45.9 Å². The van der Waals surface area contributed by atoms with Crippen LogP contribution in [0, 0.1) is 0 Å². The molecule has 0 bridgehead atoms. The Kier molecular flexibility index (Phi) is 8.00. The lowest BCUT2D eigenvalue weighted by Gasteiger charge is -2.12. The van der Waals surface area contributed by atoms with Gasteiger partial charge >= 0.3 is 6.18 Å². The smallest absolute Gasteiger partial charge is 0.422 e. The summed E-state index contributed by atoms with van der Waals surface area (Å²) in [4.78, 5) is 29.7. The van der Waals surface area contributed by atoms with Crippen molar-refractivity contribution in [3.63, 3.8) is 0 Å². The molecule has 8 nitrogen and oxygen atoms in total. The van der Waals surface area contributed by atoms with Gasteiger partial charge in [0.2, 0.25) is 5.88 Å². The van der Waals surface area contributed by atoms with Crippen molar-refractivity contribution in [2.45, 2.75) is 19.5 Å². The van der Waals surface area contributed by atoms with Gasteiger partial charge in [0.05, 0.1) is 16.3 Å². The summed E-state index contributed by atoms with van der Waals surface area (Å²) in [7, 11) is 0. The van der Waals surface area contributed by atoms with Gasteiger partial charge in [0.1, 0.15) is 5.69 Å². The van der Waals surface area contributed by atoms with Crippen LogP contribution in [-0.2, 0) is 0 Å². The van der Waals surface area contributed by atoms with E-state index in [2.05, 4.69) is 25.5 Å². The number of ether oxygens (including phenoxy) is 1. The van der Waals surface area contributed by atoms with Crippen LogP contribution >= 0.6 is 23.2 Å². The van der Waals surface area contributed by atoms with Gasteiger partial charge in [0, 0.05) is 23.8 Å². The zero-order valence-electron chi connectivity index (χ0n) is 17.6. The molecule has 0 fully saturated rings. The molecule has 0 saturated carbocycles. The Morgan fingerprint density at radius 2 is 1.91 bits per heavy atom. The first-order chi connectivity index (χ1) is 16.1. The average Bonchev–Trinajstić information content (AvgIpc) is 3.21. The molecule has 2 amide bonds. The number of hydrogen-bond acceptors (Lipinski definition) is 5. The number of hydrogen-bond donors (Lipinski definition) is 2. The number of carbonyl (C=O) groups is 2. The monoisotopic (exact) mass is 515 g/mol. The van der Waals surface area contributed by atoms with Gasteiger partial charge in [-0.15, -0.1) is 5.10 Å². The van der Waals surface area contributed by atoms with Crippen LogP contribution < -0.4 is 15.4 Å². The fourth-order valence-electron chi connectivity index (χ4n) is 2.78. The third-order valence-electron chi connectivity index (χ3n) is 4.25. The number of nitrogens with one attached hydrogen (secondary N) is 2. The minimum Gasteiger partial charge on any atom is -0.467 e. The molecule has 2 N–H and O–H groups in total. The highest BCUT2D eigenvalue weighted by atomic mass is 35.5. The molecule has 0 radical (unpaired) electrons. The molecule has 0 aliphatic heterocycles. The van der Waals surface area contributed by atoms with E-state index >= 15 is 0 Å². The maximum absolute atomic E-state index is 13.1. The molecule has 1 aromatic carbocycles. The molecule has 34 heavy (non-hydrogen) atoms. The third kappa shape index (κ3) is 6.39. The van der Waals surface area contributed by atoms with Crippen LogP contribution in [0.5, 0.6) is 5.88 Å². The Morgan fingerprint density at radius 3 is 2.59 bits per heavy atom. The molecule has 0 aliphatic rings. The van der Waals surface area contributed by atoms with Crippen LogP contribution in [0.1, 0.15) is 34.2 Å². The summed E-state index contributed by atoms with van der Waals surface area (Å²) in [5.41, 5.74) is -0.00181. The maximum atomic E-state index is 13.1. The molecule has 180 valence electrons. The second kappa shape index (κ2) is 10.7. The number of carbonyl (C=O) groups excluding carboxylic acids is 2. The van der Waals surface area contributed by atoms with Gasteiger partial charge in [-0.25, -0.2) is 9.67 Å². The summed E-state index contributed by atoms with van der Waals surface area (Å²) >= 11 is 12.2. The summed E-state index contributed by atoms with van der Waals surface area (Å²) in [5, 5.41) is 9.51. The molecular formula is C21H18Cl2F3N5O3. The standard InChI is InChI=1S/C21H18Cl2F3N5O3/c1-2-7-28-19(32)13-9-12(22)5-6-15(13)29-20(33)16-10-17(34-11-21(24,25)26)30-31(16)18-14(23)4-3-8-27-18/h3-6,8-10H,2,7,11H2,1H3,(H,28,32)(H,29,33). The zero-order valence-corrected chi connectivity index (χ0v) is 19.1. The predicted molar refractivity (Wildman–Crippen MR) is 120 cm³/mol. The average molecular weight is 516 g/mol. The van der Waals surface area contributed by atoms with Gasteiger partial charge in [-0.3, -0.25) is 9.59 Å². The molecule has 3 aromatic rings. The molecule has 0 unspecified atom stereocenters. The lowest BCUT2D eigenvalue weighted by molar-refractivity contribution is -0.154. The van der Waals surface area contributed by atoms with Crippen LogP contribution in [0.4, 0.5) is 18.9 Å². The molecule has 0 atom stereocenters. The molecule has 0 aliphatic carbocycles. The van der Waals surface area contributed by atoms with Gasteiger partial charge in [-0.05, 0) is 36.8 Å². The normalized spacial score (nSPS) is 11.2. The number of nitrogens with zero attached hydrogens (tertiary/aromatic N) is 3. The van der Waals surface area contributed by atoms with E-state index in [0.29, 0.717) is 13.0 Å². The first-order valence-electron chi connectivity index (χ1n) is 9.88. The van der Waals surface area contributed by atoms with Crippen molar-refractivity contribution in [2.24, 2.45) is 0 Å². The van der Waals surface area contributed by atoms with E-state index < -0.39 is 30.5 Å². The summed E-state index contributed by atoms with van der Waals surface area (Å²) < 4.78 is 43.4. The van der Waals surface area contributed by atoms with Crippen molar-refractivity contribution >= 4 is 40.7 Å². The summed E-state index contributed by atoms with van der Waals surface area (Å²) in [6.45, 7) is 0.673. The molecule has 0 spiro atoms. The van der Waals surface area contributed by atoms with Crippen LogP contribution in [0.15, 0.2) is 42.6 Å². The topological polar surface area (TPSA) is 98.1 Å². The lowest BCUT2D eigenvalue weighted by Crippen LogP contribution is -2.26. The van der Waals surface area contributed by atoms with Crippen molar-refractivity contribution in [3.05, 3.63) is 63.9 Å². The molecule has 13 heteroatoms. The maximum Gasteiger partial charge on any atom is 0.422 e. The van der Waals surface area contributed by atoms with E-state index in [9.17, 15) is 22.8 Å². The molecule has 3 rings (SSSR count). The van der Waals surface area contributed by atoms with E-state index in [1.54, 1.807) is 0 Å². The largest absolute Gasteiger partial charge is 0.467 e. The zero-order chi connectivity index (χ0) is 24.9. The number of anilines is 1.